The lowest BCUT2D eigenvalue weighted by Gasteiger charge is -2.01. The quantitative estimate of drug-likeness (QED) is 0.477. The number of alkyl halides is 1. The zero-order chi connectivity index (χ0) is 10.7. The second-order valence-electron chi connectivity index (χ2n) is 2.48. The van der Waals surface area contributed by atoms with E-state index in [0.29, 0.717) is 3.57 Å². The van der Waals surface area contributed by atoms with Crippen LogP contribution in [0.5, 0.6) is 0 Å². The molecule has 0 aromatic heterocycles. The van der Waals surface area contributed by atoms with Crippen LogP contribution in [-0.4, -0.2) is 11.7 Å². The van der Waals surface area contributed by atoms with E-state index in [9.17, 15) is 9.18 Å². The maximum absolute atomic E-state index is 13.2. The first kappa shape index (κ1) is 11.4. The molecule has 1 aromatic carbocycles. The van der Waals surface area contributed by atoms with E-state index >= 15 is 0 Å². The highest BCUT2D eigenvalue weighted by Gasteiger charge is 2.12. The Morgan fingerprint density at radius 3 is 2.71 bits per heavy atom. The molecule has 1 rings (SSSR count). The van der Waals surface area contributed by atoms with Gasteiger partial charge >= 0.3 is 0 Å². The Bertz CT molecular complexity index is 404. The molecular formula is C9H4ClFINO. The Labute approximate surface area is 98.8 Å². The first-order valence-corrected chi connectivity index (χ1v) is 5.19. The van der Waals surface area contributed by atoms with Crippen LogP contribution in [0.2, 0.25) is 0 Å². The van der Waals surface area contributed by atoms with Crippen LogP contribution in [0.15, 0.2) is 12.1 Å². The van der Waals surface area contributed by atoms with Gasteiger partial charge in [0.1, 0.15) is 17.4 Å². The van der Waals surface area contributed by atoms with Gasteiger partial charge in [0.15, 0.2) is 5.78 Å². The second kappa shape index (κ2) is 4.71. The molecule has 0 saturated heterocycles. The number of Topliss-reactive ketones (excluding diaryl/α,β-unsaturated/α-hetero) is 1. The molecule has 0 atom stereocenters. The van der Waals surface area contributed by atoms with Gasteiger partial charge in [0.2, 0.25) is 0 Å². The third kappa shape index (κ3) is 2.22. The van der Waals surface area contributed by atoms with Gasteiger partial charge in [-0.1, -0.05) is 0 Å². The van der Waals surface area contributed by atoms with Crippen LogP contribution >= 0.6 is 34.2 Å². The summed E-state index contributed by atoms with van der Waals surface area (Å²) in [5, 5.41) is 8.58. The van der Waals surface area contributed by atoms with E-state index in [1.54, 1.807) is 28.7 Å². The van der Waals surface area contributed by atoms with Gasteiger partial charge < -0.3 is 0 Å². The number of hydrogen-bond acceptors (Lipinski definition) is 2. The number of carbonyl (C=O) groups is 1. The normalized spacial score (nSPS) is 9.57. The first-order chi connectivity index (χ1) is 6.60. The monoisotopic (exact) mass is 323 g/mol. The molecule has 0 amide bonds. The molecule has 0 N–H and O–H groups in total. The molecule has 0 fully saturated rings. The number of nitrogens with zero attached hydrogens (tertiary/aromatic N) is 1. The van der Waals surface area contributed by atoms with Gasteiger partial charge in [-0.2, -0.15) is 5.26 Å². The van der Waals surface area contributed by atoms with Crippen LogP contribution < -0.4 is 0 Å². The number of ketones is 1. The number of nitriles is 1. The van der Waals surface area contributed by atoms with E-state index in [0.717, 1.165) is 6.07 Å². The van der Waals surface area contributed by atoms with Crippen molar-refractivity contribution in [2.75, 3.05) is 5.88 Å². The fourth-order valence-corrected chi connectivity index (χ4v) is 1.79. The average Bonchev–Trinajstić information content (AvgIpc) is 2.16. The van der Waals surface area contributed by atoms with Gasteiger partial charge in [0.25, 0.3) is 0 Å². The van der Waals surface area contributed by atoms with Crippen LogP contribution in [0.4, 0.5) is 4.39 Å². The molecule has 2 nitrogen and oxygen atoms in total. The number of halogens is 3. The van der Waals surface area contributed by atoms with Crippen molar-refractivity contribution < 1.29 is 9.18 Å². The third-order valence-corrected chi connectivity index (χ3v) is 2.69. The maximum Gasteiger partial charge on any atom is 0.177 e. The molecule has 0 aliphatic heterocycles. The van der Waals surface area contributed by atoms with Crippen LogP contribution in [0.3, 0.4) is 0 Å². The smallest absolute Gasteiger partial charge is 0.177 e. The summed E-state index contributed by atoms with van der Waals surface area (Å²) in [6.45, 7) is 0. The standard InChI is InChI=1S/C9H4ClFINO/c10-3-9(14)5-1-7(11)6(4-13)8(12)2-5/h1-2H,3H2. The van der Waals surface area contributed by atoms with Crippen LogP contribution in [0, 0.1) is 20.7 Å². The minimum atomic E-state index is -0.687. The SMILES string of the molecule is N#Cc1c(F)cc(C(=O)CCl)cc1I. The van der Waals surface area contributed by atoms with Crippen molar-refractivity contribution in [2.24, 2.45) is 0 Å². The van der Waals surface area contributed by atoms with E-state index in [1.165, 1.54) is 6.07 Å². The minimum absolute atomic E-state index is 0.0447. The third-order valence-electron chi connectivity index (χ3n) is 1.60. The molecule has 0 spiro atoms. The van der Waals surface area contributed by atoms with E-state index in [-0.39, 0.29) is 22.8 Å². The Balaban J connectivity index is 3.29. The van der Waals surface area contributed by atoms with E-state index in [2.05, 4.69) is 0 Å². The summed E-state index contributed by atoms with van der Waals surface area (Å²) in [6.07, 6.45) is 0. The second-order valence-corrected chi connectivity index (χ2v) is 3.91. The number of hydrogen-bond donors (Lipinski definition) is 0. The summed E-state index contributed by atoms with van der Waals surface area (Å²) in [7, 11) is 0. The molecular weight excluding hydrogens is 319 g/mol. The van der Waals surface area contributed by atoms with Crippen molar-refractivity contribution in [3.05, 3.63) is 32.6 Å². The van der Waals surface area contributed by atoms with Gasteiger partial charge in [-0.15, -0.1) is 11.6 Å². The van der Waals surface area contributed by atoms with Crippen molar-refractivity contribution >= 4 is 40.0 Å². The van der Waals surface area contributed by atoms with E-state index < -0.39 is 5.82 Å². The van der Waals surface area contributed by atoms with Crippen LogP contribution in [0.1, 0.15) is 15.9 Å². The Morgan fingerprint density at radius 1 is 1.64 bits per heavy atom. The Morgan fingerprint density at radius 2 is 2.29 bits per heavy atom. The van der Waals surface area contributed by atoms with Crippen molar-refractivity contribution in [2.45, 2.75) is 0 Å². The molecule has 0 radical (unpaired) electrons. The predicted octanol–water partition coefficient (Wildman–Crippen LogP) is 2.72. The lowest BCUT2D eigenvalue weighted by atomic mass is 10.1. The molecule has 0 heterocycles. The van der Waals surface area contributed by atoms with Crippen molar-refractivity contribution in [1.29, 1.82) is 5.26 Å². The van der Waals surface area contributed by atoms with E-state index in [1.807, 2.05) is 0 Å². The summed E-state index contributed by atoms with van der Waals surface area (Å²) in [5.74, 6) is -1.23. The number of carbonyl (C=O) groups excluding carboxylic acids is 1. The van der Waals surface area contributed by atoms with Gasteiger partial charge in [-0.25, -0.2) is 4.39 Å². The Kier molecular flexibility index (Phi) is 3.84. The Hall–Kier alpha value is -0.670. The number of rotatable bonds is 2. The zero-order valence-electron chi connectivity index (χ0n) is 6.85. The highest BCUT2D eigenvalue weighted by Crippen LogP contribution is 2.18. The average molecular weight is 323 g/mol. The summed E-state index contributed by atoms with van der Waals surface area (Å²) >= 11 is 7.13. The summed E-state index contributed by atoms with van der Waals surface area (Å²) < 4.78 is 13.6. The fraction of sp³-hybridized carbons (Fsp3) is 0.111. The maximum atomic E-state index is 13.2. The largest absolute Gasteiger partial charge is 0.293 e. The molecule has 0 aliphatic carbocycles. The van der Waals surface area contributed by atoms with E-state index in [4.69, 9.17) is 16.9 Å². The zero-order valence-corrected chi connectivity index (χ0v) is 9.76. The van der Waals surface area contributed by atoms with Gasteiger partial charge in [0.05, 0.1) is 5.88 Å². The molecule has 5 heteroatoms. The highest BCUT2D eigenvalue weighted by molar-refractivity contribution is 14.1. The summed E-state index contributed by atoms with van der Waals surface area (Å²) in [6, 6.07) is 4.21. The molecule has 0 unspecified atom stereocenters. The summed E-state index contributed by atoms with van der Waals surface area (Å²) in [5.41, 5.74) is 0.151. The van der Waals surface area contributed by atoms with Crippen molar-refractivity contribution in [3.8, 4) is 6.07 Å². The van der Waals surface area contributed by atoms with Crippen molar-refractivity contribution in [1.82, 2.24) is 0 Å². The van der Waals surface area contributed by atoms with Gasteiger partial charge in [-0.05, 0) is 34.7 Å². The fourth-order valence-electron chi connectivity index (χ4n) is 0.918. The lowest BCUT2D eigenvalue weighted by Crippen LogP contribution is -2.03. The molecule has 0 bridgehead atoms. The number of benzene rings is 1. The lowest BCUT2D eigenvalue weighted by molar-refractivity contribution is 0.102. The van der Waals surface area contributed by atoms with Crippen molar-refractivity contribution in [3.63, 3.8) is 0 Å². The topological polar surface area (TPSA) is 40.9 Å². The first-order valence-electron chi connectivity index (χ1n) is 3.58. The predicted molar refractivity (Wildman–Crippen MR) is 58.9 cm³/mol. The molecule has 0 aliphatic rings. The minimum Gasteiger partial charge on any atom is -0.293 e. The summed E-state index contributed by atoms with van der Waals surface area (Å²) in [4.78, 5) is 11.1. The van der Waals surface area contributed by atoms with Crippen LogP contribution in [-0.2, 0) is 0 Å². The van der Waals surface area contributed by atoms with Crippen LogP contribution in [0.25, 0.3) is 0 Å². The molecule has 72 valence electrons. The van der Waals surface area contributed by atoms with Gasteiger partial charge in [-0.3, -0.25) is 4.79 Å². The molecule has 14 heavy (non-hydrogen) atoms. The molecule has 0 saturated carbocycles. The van der Waals surface area contributed by atoms with Gasteiger partial charge in [0, 0.05) is 9.13 Å². The highest BCUT2D eigenvalue weighted by atomic mass is 127. The molecule has 1 aromatic rings.